The zero-order valence-electron chi connectivity index (χ0n) is 5.79. The van der Waals surface area contributed by atoms with Gasteiger partial charge in [-0.05, 0) is 19.3 Å². The van der Waals surface area contributed by atoms with E-state index >= 15 is 0 Å². The van der Waals surface area contributed by atoms with Gasteiger partial charge in [-0.25, -0.2) is 4.39 Å². The summed E-state index contributed by atoms with van der Waals surface area (Å²) in [6.07, 6.45) is -3.50. The molecule has 0 saturated carbocycles. The van der Waals surface area contributed by atoms with Gasteiger partial charge in [-0.3, -0.25) is 0 Å². The number of rotatable bonds is 0. The quantitative estimate of drug-likeness (QED) is 0.487. The molecule has 1 atom stereocenters. The van der Waals surface area contributed by atoms with Gasteiger partial charge in [0.05, 0.1) is 11.7 Å². The Labute approximate surface area is 61.9 Å². The lowest BCUT2D eigenvalue weighted by Crippen LogP contribution is -2.23. The van der Waals surface area contributed by atoms with Gasteiger partial charge in [0.15, 0.2) is 0 Å². The molecule has 0 aromatic heterocycles. The van der Waals surface area contributed by atoms with Gasteiger partial charge in [-0.1, -0.05) is 6.08 Å². The van der Waals surface area contributed by atoms with Crippen molar-refractivity contribution in [2.24, 2.45) is 5.92 Å². The zero-order chi connectivity index (χ0) is 8.48. The van der Waals surface area contributed by atoms with Crippen LogP contribution in [0.2, 0.25) is 0 Å². The molecule has 0 spiro atoms. The molecule has 1 rings (SSSR count). The first-order valence-corrected chi connectivity index (χ1v) is 3.41. The van der Waals surface area contributed by atoms with Crippen LogP contribution in [0.4, 0.5) is 17.6 Å². The third kappa shape index (κ3) is 2.20. The van der Waals surface area contributed by atoms with Crippen LogP contribution in [-0.2, 0) is 0 Å². The Bertz CT molecular complexity index is 168. The molecule has 64 valence electrons. The summed E-state index contributed by atoms with van der Waals surface area (Å²) in [5.74, 6) is -1.74. The lowest BCUT2D eigenvalue weighted by Gasteiger charge is -2.21. The molecule has 0 aromatic rings. The second-order valence-corrected chi connectivity index (χ2v) is 2.66. The molecular weight excluding hydrogens is 160 g/mol. The van der Waals surface area contributed by atoms with Crippen molar-refractivity contribution < 1.29 is 17.6 Å². The second-order valence-electron chi connectivity index (χ2n) is 2.66. The van der Waals surface area contributed by atoms with Gasteiger partial charge in [0.25, 0.3) is 0 Å². The molecule has 0 bridgehead atoms. The number of alkyl halides is 3. The summed E-state index contributed by atoms with van der Waals surface area (Å²) in [4.78, 5) is 0. The van der Waals surface area contributed by atoms with Crippen LogP contribution in [0.1, 0.15) is 19.3 Å². The van der Waals surface area contributed by atoms with Crippen molar-refractivity contribution in [1.29, 1.82) is 0 Å². The number of hydrogen-bond donors (Lipinski definition) is 0. The first-order valence-electron chi connectivity index (χ1n) is 3.41. The highest BCUT2D eigenvalue weighted by molar-refractivity contribution is 4.99. The lowest BCUT2D eigenvalue weighted by atomic mass is 9.93. The Hall–Kier alpha value is -0.540. The van der Waals surface area contributed by atoms with Gasteiger partial charge < -0.3 is 0 Å². The van der Waals surface area contributed by atoms with Crippen LogP contribution in [0, 0.1) is 5.92 Å². The fraction of sp³-hybridized carbons (Fsp3) is 0.714. The average Bonchev–Trinajstić information content (AvgIpc) is 1.86. The summed E-state index contributed by atoms with van der Waals surface area (Å²) in [7, 11) is 0. The molecular formula is C7H8F4. The second kappa shape index (κ2) is 2.83. The lowest BCUT2D eigenvalue weighted by molar-refractivity contribution is -0.176. The molecule has 0 N–H and O–H groups in total. The topological polar surface area (TPSA) is 0 Å². The van der Waals surface area contributed by atoms with Crippen molar-refractivity contribution in [3.63, 3.8) is 0 Å². The Morgan fingerprint density at radius 3 is 2.36 bits per heavy atom. The highest BCUT2D eigenvalue weighted by atomic mass is 19.4. The maximum atomic E-state index is 12.2. The van der Waals surface area contributed by atoms with Gasteiger partial charge in [0.1, 0.15) is 0 Å². The molecule has 0 amide bonds. The summed E-state index contributed by atoms with van der Waals surface area (Å²) in [6, 6.07) is 0. The number of allylic oxidation sites excluding steroid dienone is 2. The minimum absolute atomic E-state index is 0.0653. The van der Waals surface area contributed by atoms with E-state index in [9.17, 15) is 17.6 Å². The van der Waals surface area contributed by atoms with Gasteiger partial charge in [0, 0.05) is 0 Å². The van der Waals surface area contributed by atoms with E-state index in [-0.39, 0.29) is 19.3 Å². The summed E-state index contributed by atoms with van der Waals surface area (Å²) in [5.41, 5.74) is 0. The molecule has 1 aliphatic carbocycles. The molecule has 11 heavy (non-hydrogen) atoms. The Kier molecular flexibility index (Phi) is 2.20. The molecule has 0 saturated heterocycles. The standard InChI is InChI=1S/C7H8F4/c8-6-3-1-5(2-4-6)7(9,10)11/h3,5H,1-2,4H2. The maximum absolute atomic E-state index is 12.2. The minimum atomic E-state index is -4.16. The van der Waals surface area contributed by atoms with Crippen LogP contribution in [0.15, 0.2) is 11.9 Å². The monoisotopic (exact) mass is 168 g/mol. The van der Waals surface area contributed by atoms with Crippen LogP contribution < -0.4 is 0 Å². The van der Waals surface area contributed by atoms with Crippen LogP contribution in [-0.4, -0.2) is 6.18 Å². The van der Waals surface area contributed by atoms with Crippen LogP contribution in [0.5, 0.6) is 0 Å². The van der Waals surface area contributed by atoms with E-state index in [4.69, 9.17) is 0 Å². The van der Waals surface area contributed by atoms with E-state index in [2.05, 4.69) is 0 Å². The van der Waals surface area contributed by atoms with E-state index in [0.29, 0.717) is 0 Å². The Balaban J connectivity index is 2.54. The summed E-state index contributed by atoms with van der Waals surface area (Å²) >= 11 is 0. The normalized spacial score (nSPS) is 26.5. The predicted molar refractivity (Wildman–Crippen MR) is 32.6 cm³/mol. The van der Waals surface area contributed by atoms with Crippen molar-refractivity contribution in [1.82, 2.24) is 0 Å². The van der Waals surface area contributed by atoms with Gasteiger partial charge in [-0.2, -0.15) is 13.2 Å². The van der Waals surface area contributed by atoms with Crippen molar-refractivity contribution in [2.75, 3.05) is 0 Å². The zero-order valence-corrected chi connectivity index (χ0v) is 5.79. The molecule has 1 aliphatic rings. The molecule has 1 unspecified atom stereocenters. The van der Waals surface area contributed by atoms with Crippen LogP contribution >= 0.6 is 0 Å². The minimum Gasteiger partial charge on any atom is -0.212 e. The third-order valence-electron chi connectivity index (χ3n) is 1.82. The van der Waals surface area contributed by atoms with E-state index in [1.165, 1.54) is 0 Å². The molecule has 0 aliphatic heterocycles. The first-order chi connectivity index (χ1) is 5.00. The van der Waals surface area contributed by atoms with Gasteiger partial charge in [0.2, 0.25) is 0 Å². The number of halogens is 4. The molecule has 4 heteroatoms. The predicted octanol–water partition coefficient (Wildman–Crippen LogP) is 3.20. The molecule has 0 heterocycles. The molecule has 0 nitrogen and oxygen atoms in total. The van der Waals surface area contributed by atoms with E-state index in [0.717, 1.165) is 6.08 Å². The Morgan fingerprint density at radius 1 is 1.36 bits per heavy atom. The van der Waals surface area contributed by atoms with E-state index < -0.39 is 17.9 Å². The summed E-state index contributed by atoms with van der Waals surface area (Å²) in [5, 5.41) is 0. The van der Waals surface area contributed by atoms with Crippen molar-refractivity contribution in [2.45, 2.75) is 25.4 Å². The molecule has 0 fully saturated rings. The fourth-order valence-electron chi connectivity index (χ4n) is 1.10. The van der Waals surface area contributed by atoms with E-state index in [1.54, 1.807) is 0 Å². The fourth-order valence-corrected chi connectivity index (χ4v) is 1.10. The third-order valence-corrected chi connectivity index (χ3v) is 1.82. The van der Waals surface area contributed by atoms with Crippen molar-refractivity contribution >= 4 is 0 Å². The largest absolute Gasteiger partial charge is 0.392 e. The summed E-state index contributed by atoms with van der Waals surface area (Å²) in [6.45, 7) is 0. The average molecular weight is 168 g/mol. The van der Waals surface area contributed by atoms with E-state index in [1.807, 2.05) is 0 Å². The Morgan fingerprint density at radius 2 is 2.00 bits per heavy atom. The molecule has 0 aromatic carbocycles. The highest BCUT2D eigenvalue weighted by Crippen LogP contribution is 2.36. The number of hydrogen-bond acceptors (Lipinski definition) is 0. The smallest absolute Gasteiger partial charge is 0.212 e. The first kappa shape index (κ1) is 8.56. The van der Waals surface area contributed by atoms with Crippen molar-refractivity contribution in [3.05, 3.63) is 11.9 Å². The van der Waals surface area contributed by atoms with Crippen LogP contribution in [0.3, 0.4) is 0 Å². The van der Waals surface area contributed by atoms with Crippen LogP contribution in [0.25, 0.3) is 0 Å². The van der Waals surface area contributed by atoms with Crippen molar-refractivity contribution in [3.8, 4) is 0 Å². The van der Waals surface area contributed by atoms with Gasteiger partial charge in [-0.15, -0.1) is 0 Å². The molecule has 0 radical (unpaired) electrons. The van der Waals surface area contributed by atoms with Gasteiger partial charge >= 0.3 is 6.18 Å². The summed E-state index contributed by atoms with van der Waals surface area (Å²) < 4.78 is 48.0. The maximum Gasteiger partial charge on any atom is 0.392 e. The highest BCUT2D eigenvalue weighted by Gasteiger charge is 2.39. The SMILES string of the molecule is FC1=CCC(C(F)(F)F)CC1.